The van der Waals surface area contributed by atoms with Crippen LogP contribution in [0.25, 0.3) is 0 Å². The first-order chi connectivity index (χ1) is 8.18. The van der Waals surface area contributed by atoms with E-state index in [2.05, 4.69) is 0 Å². The number of rotatable bonds is 6. The highest BCUT2D eigenvalue weighted by molar-refractivity contribution is 5.71. The number of hydrogen-bond acceptors (Lipinski definition) is 9. The highest BCUT2D eigenvalue weighted by Gasteiger charge is 2.29. The molecule has 19 heavy (non-hydrogen) atoms. The molecule has 0 amide bonds. The molecule has 0 spiro atoms. The lowest BCUT2D eigenvalue weighted by Crippen LogP contribution is -2.46. The van der Waals surface area contributed by atoms with E-state index in [4.69, 9.17) is 35.7 Å². The molecule has 0 aliphatic rings. The molecule has 0 bridgehead atoms. The number of carbonyl (C=O) groups excluding carboxylic acids is 1. The first-order valence-electron chi connectivity index (χ1n) is 4.88. The van der Waals surface area contributed by atoms with Gasteiger partial charge in [0.25, 0.3) is 0 Å². The van der Waals surface area contributed by atoms with Crippen LogP contribution in [0.3, 0.4) is 0 Å². The summed E-state index contributed by atoms with van der Waals surface area (Å²) in [5.74, 6) is -1.19. The third-order valence-electron chi connectivity index (χ3n) is 1.78. The van der Waals surface area contributed by atoms with Gasteiger partial charge in [-0.1, -0.05) is 0 Å². The summed E-state index contributed by atoms with van der Waals surface area (Å²) in [6.45, 7) is 0.437. The zero-order chi connectivity index (χ0) is 14.9. The summed E-state index contributed by atoms with van der Waals surface area (Å²) < 4.78 is 0. The molecule has 0 aliphatic heterocycles. The standard InChI is InChI=1S/C6H12O6.C3H6O3.H3N/c7-1-3(9)5(11)6(12)4(10)2-8;1-2(4)3(5)6;/h1,3-6,8-12H,2H2;2,4H,1H3,(H,5,6);1H3. The van der Waals surface area contributed by atoms with Crippen molar-refractivity contribution >= 4 is 12.3 Å². The summed E-state index contributed by atoms with van der Waals surface area (Å²) in [5.41, 5.74) is 0. The summed E-state index contributed by atoms with van der Waals surface area (Å²) in [5, 5.41) is 59.3. The van der Waals surface area contributed by atoms with Crippen molar-refractivity contribution in [1.29, 1.82) is 0 Å². The molecule has 0 aromatic carbocycles. The molecule has 0 radical (unpaired) electrons. The second-order valence-corrected chi connectivity index (χ2v) is 3.37. The van der Waals surface area contributed by atoms with Crippen molar-refractivity contribution in [2.45, 2.75) is 37.4 Å². The summed E-state index contributed by atoms with van der Waals surface area (Å²) >= 11 is 0. The number of aliphatic carboxylic acids is 1. The highest BCUT2D eigenvalue weighted by atomic mass is 16.4. The van der Waals surface area contributed by atoms with Gasteiger partial charge in [0.2, 0.25) is 0 Å². The first-order valence-corrected chi connectivity index (χ1v) is 4.88. The average molecular weight is 287 g/mol. The minimum Gasteiger partial charge on any atom is -0.479 e. The van der Waals surface area contributed by atoms with Crippen LogP contribution in [0.15, 0.2) is 0 Å². The van der Waals surface area contributed by atoms with Gasteiger partial charge < -0.3 is 46.7 Å². The molecule has 0 saturated heterocycles. The first kappa shape index (κ1) is 23.0. The molecule has 116 valence electrons. The van der Waals surface area contributed by atoms with Crippen molar-refractivity contribution in [3.05, 3.63) is 0 Å². The maximum absolute atomic E-state index is 9.90. The van der Waals surface area contributed by atoms with Crippen molar-refractivity contribution in [3.8, 4) is 0 Å². The number of hydrogen-bond donors (Lipinski definition) is 8. The fourth-order valence-corrected chi connectivity index (χ4v) is 0.618. The minimum absolute atomic E-state index is 0. The quantitative estimate of drug-likeness (QED) is 0.223. The van der Waals surface area contributed by atoms with Gasteiger partial charge in [0, 0.05) is 0 Å². The summed E-state index contributed by atoms with van der Waals surface area (Å²) in [6.07, 6.45) is -8.07. The van der Waals surface area contributed by atoms with Crippen molar-refractivity contribution in [2.24, 2.45) is 0 Å². The van der Waals surface area contributed by atoms with Crippen LogP contribution in [0.1, 0.15) is 6.92 Å². The lowest BCUT2D eigenvalue weighted by molar-refractivity contribution is -0.145. The molecule has 5 atom stereocenters. The average Bonchev–Trinajstić information content (AvgIpc) is 2.35. The van der Waals surface area contributed by atoms with Crippen LogP contribution >= 0.6 is 0 Å². The molecule has 0 aliphatic carbocycles. The second-order valence-electron chi connectivity index (χ2n) is 3.37. The third kappa shape index (κ3) is 10.5. The van der Waals surface area contributed by atoms with E-state index in [1.165, 1.54) is 6.92 Å². The van der Waals surface area contributed by atoms with Gasteiger partial charge in [-0.05, 0) is 6.92 Å². The molecule has 5 unspecified atom stereocenters. The van der Waals surface area contributed by atoms with Crippen molar-refractivity contribution in [1.82, 2.24) is 6.15 Å². The molecule has 10 N–H and O–H groups in total. The van der Waals surface area contributed by atoms with Crippen LogP contribution < -0.4 is 6.15 Å². The topological polar surface area (TPSA) is 211 Å². The fraction of sp³-hybridized carbons (Fsp3) is 0.778. The third-order valence-corrected chi connectivity index (χ3v) is 1.78. The van der Waals surface area contributed by atoms with Gasteiger partial charge in [-0.2, -0.15) is 0 Å². The number of aliphatic hydroxyl groups excluding tert-OH is 6. The van der Waals surface area contributed by atoms with E-state index in [-0.39, 0.29) is 12.4 Å². The minimum atomic E-state index is -1.79. The molecule has 10 heteroatoms. The zero-order valence-corrected chi connectivity index (χ0v) is 10.3. The highest BCUT2D eigenvalue weighted by Crippen LogP contribution is 2.02. The van der Waals surface area contributed by atoms with E-state index in [1.54, 1.807) is 0 Å². The SMILES string of the molecule is CC(O)C(=O)O.N.O=CC(O)C(O)C(O)C(O)CO. The Hall–Kier alpha value is -1.14. The molecule has 10 nitrogen and oxygen atoms in total. The summed E-state index contributed by atoms with van der Waals surface area (Å²) in [6, 6.07) is 0. The maximum atomic E-state index is 9.90. The van der Waals surface area contributed by atoms with Gasteiger partial charge in [-0.25, -0.2) is 4.79 Å². The molecule has 0 aromatic rings. The van der Waals surface area contributed by atoms with Crippen molar-refractivity contribution in [3.63, 3.8) is 0 Å². The van der Waals surface area contributed by atoms with E-state index in [9.17, 15) is 9.59 Å². The number of carboxylic acid groups (broad SMARTS) is 1. The number of aldehydes is 1. The van der Waals surface area contributed by atoms with Crippen LogP contribution in [0.5, 0.6) is 0 Å². The molecule has 0 fully saturated rings. The Morgan fingerprint density at radius 1 is 1.11 bits per heavy atom. The van der Waals surface area contributed by atoms with Crippen LogP contribution in [0, 0.1) is 0 Å². The van der Waals surface area contributed by atoms with E-state index in [0.29, 0.717) is 0 Å². The van der Waals surface area contributed by atoms with Crippen LogP contribution in [-0.2, 0) is 9.59 Å². The predicted molar refractivity (Wildman–Crippen MR) is 61.5 cm³/mol. The van der Waals surface area contributed by atoms with E-state index < -0.39 is 43.1 Å². The van der Waals surface area contributed by atoms with E-state index >= 15 is 0 Å². The largest absolute Gasteiger partial charge is 0.479 e. The Labute approximate surface area is 109 Å². The second kappa shape index (κ2) is 11.9. The van der Waals surface area contributed by atoms with Gasteiger partial charge in [-0.15, -0.1) is 0 Å². The van der Waals surface area contributed by atoms with Crippen molar-refractivity contribution in [2.75, 3.05) is 6.61 Å². The summed E-state index contributed by atoms with van der Waals surface area (Å²) in [7, 11) is 0. The van der Waals surface area contributed by atoms with Crippen LogP contribution in [0.2, 0.25) is 0 Å². The molecule has 0 saturated carbocycles. The molecule has 0 aromatic heterocycles. The molecule has 0 heterocycles. The van der Waals surface area contributed by atoms with E-state index in [1.807, 2.05) is 0 Å². The van der Waals surface area contributed by atoms with Gasteiger partial charge in [0.05, 0.1) is 6.61 Å². The smallest absolute Gasteiger partial charge is 0.332 e. The van der Waals surface area contributed by atoms with Crippen LogP contribution in [0.4, 0.5) is 0 Å². The Morgan fingerprint density at radius 2 is 1.47 bits per heavy atom. The Bertz CT molecular complexity index is 248. The Balaban J connectivity index is -0.000000313. The molecule has 0 rings (SSSR count). The lowest BCUT2D eigenvalue weighted by Gasteiger charge is -2.22. The maximum Gasteiger partial charge on any atom is 0.332 e. The van der Waals surface area contributed by atoms with Gasteiger partial charge in [0.1, 0.15) is 30.5 Å². The van der Waals surface area contributed by atoms with Gasteiger partial charge in [-0.3, -0.25) is 0 Å². The van der Waals surface area contributed by atoms with Gasteiger partial charge in [0.15, 0.2) is 6.29 Å². The van der Waals surface area contributed by atoms with Crippen LogP contribution in [-0.4, -0.2) is 85.1 Å². The Kier molecular flexibility index (Phi) is 14.4. The number of carboxylic acids is 1. The predicted octanol–water partition coefficient (Wildman–Crippen LogP) is -3.76. The van der Waals surface area contributed by atoms with Gasteiger partial charge >= 0.3 is 5.97 Å². The summed E-state index contributed by atoms with van der Waals surface area (Å²) in [4.78, 5) is 19.3. The molecular weight excluding hydrogens is 266 g/mol. The molecular formula is C9H21NO9. The lowest BCUT2D eigenvalue weighted by atomic mass is 10.0. The number of aliphatic hydroxyl groups is 6. The fourth-order valence-electron chi connectivity index (χ4n) is 0.618. The van der Waals surface area contributed by atoms with Crippen molar-refractivity contribution < 1.29 is 45.3 Å². The normalized spacial score (nSPS) is 17.6. The van der Waals surface area contributed by atoms with E-state index in [0.717, 1.165) is 0 Å². The number of carbonyl (C=O) groups is 2. The monoisotopic (exact) mass is 287 g/mol. The zero-order valence-electron chi connectivity index (χ0n) is 10.3. The Morgan fingerprint density at radius 3 is 1.68 bits per heavy atom.